The van der Waals surface area contributed by atoms with Gasteiger partial charge in [0.05, 0.1) is 18.8 Å². The molecule has 5 nitrogen and oxygen atoms in total. The topological polar surface area (TPSA) is 67.4 Å². The maximum atomic E-state index is 12.0. The van der Waals surface area contributed by atoms with Crippen molar-refractivity contribution in [3.8, 4) is 0 Å². The first-order valence-electron chi connectivity index (χ1n) is 5.50. The molecule has 0 aromatic carbocycles. The number of esters is 1. The second-order valence-electron chi connectivity index (χ2n) is 3.73. The smallest absolute Gasteiger partial charge is 0.350 e. The van der Waals surface area contributed by atoms with Crippen LogP contribution in [0.5, 0.6) is 0 Å². The van der Waals surface area contributed by atoms with Gasteiger partial charge < -0.3 is 15.4 Å². The van der Waals surface area contributed by atoms with Gasteiger partial charge in [0.15, 0.2) is 0 Å². The van der Waals surface area contributed by atoms with Crippen LogP contribution in [0.1, 0.15) is 9.67 Å². The number of anilines is 1. The van der Waals surface area contributed by atoms with E-state index in [2.05, 4.69) is 15.4 Å². The zero-order valence-corrected chi connectivity index (χ0v) is 11.5. The number of carbonyl (C=O) groups excluding carboxylic acids is 2. The third kappa shape index (κ3) is 3.04. The van der Waals surface area contributed by atoms with Crippen molar-refractivity contribution in [2.75, 3.05) is 30.5 Å². The molecule has 1 saturated heterocycles. The molecule has 0 bridgehead atoms. The van der Waals surface area contributed by atoms with E-state index in [1.54, 1.807) is 23.2 Å². The Morgan fingerprint density at radius 2 is 2.39 bits per heavy atom. The molecular weight excluding hydrogens is 272 g/mol. The molecule has 98 valence electrons. The van der Waals surface area contributed by atoms with Crippen LogP contribution in [-0.4, -0.2) is 43.1 Å². The molecule has 1 unspecified atom stereocenters. The Balaban J connectivity index is 2.02. The fourth-order valence-electron chi connectivity index (χ4n) is 1.61. The molecular formula is C11H14N2O3S2. The number of rotatable bonds is 3. The van der Waals surface area contributed by atoms with E-state index in [4.69, 9.17) is 0 Å². The van der Waals surface area contributed by atoms with Gasteiger partial charge in [-0.15, -0.1) is 11.3 Å². The Bertz CT molecular complexity index is 441. The molecule has 2 N–H and O–H groups in total. The van der Waals surface area contributed by atoms with Crippen molar-refractivity contribution < 1.29 is 14.3 Å². The molecule has 2 heterocycles. The summed E-state index contributed by atoms with van der Waals surface area (Å²) in [5.74, 6) is 1.25. The minimum atomic E-state index is -0.425. The van der Waals surface area contributed by atoms with E-state index in [1.807, 2.05) is 0 Å². The van der Waals surface area contributed by atoms with Gasteiger partial charge >= 0.3 is 5.97 Å². The third-order valence-corrected chi connectivity index (χ3v) is 4.49. The van der Waals surface area contributed by atoms with Gasteiger partial charge in [0.2, 0.25) is 5.91 Å². The van der Waals surface area contributed by atoms with Crippen LogP contribution in [0.3, 0.4) is 0 Å². The Labute approximate surface area is 113 Å². The van der Waals surface area contributed by atoms with Crippen molar-refractivity contribution >= 4 is 40.7 Å². The fraction of sp³-hybridized carbons (Fsp3) is 0.455. The van der Waals surface area contributed by atoms with Crippen molar-refractivity contribution in [1.82, 2.24) is 5.32 Å². The van der Waals surface area contributed by atoms with Crippen LogP contribution in [0.15, 0.2) is 11.4 Å². The average Bonchev–Trinajstić information content (AvgIpc) is 2.87. The van der Waals surface area contributed by atoms with Crippen LogP contribution < -0.4 is 10.6 Å². The number of carbonyl (C=O) groups is 2. The van der Waals surface area contributed by atoms with Crippen LogP contribution in [-0.2, 0) is 9.53 Å². The minimum absolute atomic E-state index is 0.106. The maximum Gasteiger partial charge on any atom is 0.350 e. The molecule has 0 aliphatic carbocycles. The molecule has 1 aliphatic rings. The standard InChI is InChI=1S/C11H14N2O3S2/c1-16-11(15)9-7(2-4-18-9)13-10(14)8-6-17-5-3-12-8/h2,4,8,12H,3,5-6H2,1H3,(H,13,14). The van der Waals surface area contributed by atoms with E-state index < -0.39 is 5.97 Å². The molecule has 18 heavy (non-hydrogen) atoms. The van der Waals surface area contributed by atoms with Gasteiger partial charge in [-0.3, -0.25) is 4.79 Å². The highest BCUT2D eigenvalue weighted by Gasteiger charge is 2.23. The number of thiophene rings is 1. The number of thioether (sulfide) groups is 1. The molecule has 0 saturated carbocycles. The Hall–Kier alpha value is -1.05. The zero-order chi connectivity index (χ0) is 13.0. The predicted octanol–water partition coefficient (Wildman–Crippen LogP) is 1.18. The van der Waals surface area contributed by atoms with Gasteiger partial charge in [0.1, 0.15) is 4.88 Å². The quantitative estimate of drug-likeness (QED) is 0.817. The van der Waals surface area contributed by atoms with E-state index in [-0.39, 0.29) is 11.9 Å². The number of hydrogen-bond donors (Lipinski definition) is 2. The summed E-state index contributed by atoms with van der Waals surface area (Å²) in [4.78, 5) is 23.9. The average molecular weight is 286 g/mol. The van der Waals surface area contributed by atoms with Crippen molar-refractivity contribution in [2.45, 2.75) is 6.04 Å². The summed E-state index contributed by atoms with van der Waals surface area (Å²) in [6.07, 6.45) is 0. The first-order chi connectivity index (χ1) is 8.72. The van der Waals surface area contributed by atoms with Crippen LogP contribution in [0, 0.1) is 0 Å². The number of hydrogen-bond acceptors (Lipinski definition) is 6. The Kier molecular flexibility index (Phi) is 4.62. The lowest BCUT2D eigenvalue weighted by atomic mass is 10.3. The summed E-state index contributed by atoms with van der Waals surface area (Å²) in [6, 6.07) is 1.51. The van der Waals surface area contributed by atoms with E-state index in [0.29, 0.717) is 10.6 Å². The van der Waals surface area contributed by atoms with Crippen LogP contribution in [0.2, 0.25) is 0 Å². The first kappa shape index (κ1) is 13.4. The molecule has 1 aliphatic heterocycles. The molecule has 1 amide bonds. The van der Waals surface area contributed by atoms with Crippen molar-refractivity contribution in [3.05, 3.63) is 16.3 Å². The van der Waals surface area contributed by atoms with Gasteiger partial charge in [0, 0.05) is 18.1 Å². The highest BCUT2D eigenvalue weighted by atomic mass is 32.2. The summed E-state index contributed by atoms with van der Waals surface area (Å²) < 4.78 is 4.66. The summed E-state index contributed by atoms with van der Waals surface area (Å²) >= 11 is 3.00. The first-order valence-corrected chi connectivity index (χ1v) is 7.53. The molecule has 1 aromatic rings. The number of amides is 1. The highest BCUT2D eigenvalue weighted by molar-refractivity contribution is 7.99. The fourth-order valence-corrected chi connectivity index (χ4v) is 3.31. The SMILES string of the molecule is COC(=O)c1sccc1NC(=O)C1CSCCN1. The summed E-state index contributed by atoms with van der Waals surface area (Å²) in [7, 11) is 1.33. The van der Waals surface area contributed by atoms with Crippen molar-refractivity contribution in [2.24, 2.45) is 0 Å². The Morgan fingerprint density at radius 1 is 1.56 bits per heavy atom. The second-order valence-corrected chi connectivity index (χ2v) is 5.79. The summed E-state index contributed by atoms with van der Waals surface area (Å²) in [5, 5.41) is 7.67. The zero-order valence-electron chi connectivity index (χ0n) is 9.89. The number of methoxy groups -OCH3 is 1. The van der Waals surface area contributed by atoms with Gasteiger partial charge in [0.25, 0.3) is 0 Å². The molecule has 0 radical (unpaired) electrons. The predicted molar refractivity (Wildman–Crippen MR) is 73.4 cm³/mol. The van der Waals surface area contributed by atoms with Crippen LogP contribution in [0.25, 0.3) is 0 Å². The third-order valence-electron chi connectivity index (χ3n) is 2.53. The molecule has 1 atom stereocenters. The van der Waals surface area contributed by atoms with Gasteiger partial charge in [-0.1, -0.05) is 0 Å². The van der Waals surface area contributed by atoms with E-state index >= 15 is 0 Å². The van der Waals surface area contributed by atoms with Crippen LogP contribution in [0.4, 0.5) is 5.69 Å². The maximum absolute atomic E-state index is 12.0. The molecule has 1 aromatic heterocycles. The number of nitrogens with one attached hydrogen (secondary N) is 2. The molecule has 0 spiro atoms. The monoisotopic (exact) mass is 286 g/mol. The second kappa shape index (κ2) is 6.21. The lowest BCUT2D eigenvalue weighted by molar-refractivity contribution is -0.117. The van der Waals surface area contributed by atoms with E-state index in [9.17, 15) is 9.59 Å². The van der Waals surface area contributed by atoms with E-state index in [0.717, 1.165) is 18.1 Å². The van der Waals surface area contributed by atoms with E-state index in [1.165, 1.54) is 18.4 Å². The minimum Gasteiger partial charge on any atom is -0.465 e. The number of ether oxygens (including phenoxy) is 1. The summed E-state index contributed by atoms with van der Waals surface area (Å²) in [5.41, 5.74) is 0.522. The van der Waals surface area contributed by atoms with Crippen molar-refractivity contribution in [3.63, 3.8) is 0 Å². The summed E-state index contributed by atoms with van der Waals surface area (Å²) in [6.45, 7) is 0.830. The molecule has 1 fully saturated rings. The highest BCUT2D eigenvalue weighted by Crippen LogP contribution is 2.23. The van der Waals surface area contributed by atoms with Crippen LogP contribution >= 0.6 is 23.1 Å². The lowest BCUT2D eigenvalue weighted by Gasteiger charge is -2.22. The normalized spacial score (nSPS) is 19.3. The lowest BCUT2D eigenvalue weighted by Crippen LogP contribution is -2.46. The van der Waals surface area contributed by atoms with Gasteiger partial charge in [-0.2, -0.15) is 11.8 Å². The van der Waals surface area contributed by atoms with Gasteiger partial charge in [-0.05, 0) is 11.4 Å². The van der Waals surface area contributed by atoms with Crippen molar-refractivity contribution in [1.29, 1.82) is 0 Å². The molecule has 2 rings (SSSR count). The Morgan fingerprint density at radius 3 is 3.06 bits per heavy atom. The molecule has 7 heteroatoms. The largest absolute Gasteiger partial charge is 0.465 e. The van der Waals surface area contributed by atoms with Gasteiger partial charge in [-0.25, -0.2) is 4.79 Å².